The van der Waals surface area contributed by atoms with Crippen LogP contribution in [0.15, 0.2) is 48.5 Å². The molecule has 0 heterocycles. The van der Waals surface area contributed by atoms with Crippen molar-refractivity contribution in [2.75, 3.05) is 0 Å². The molecule has 0 radical (unpaired) electrons. The van der Waals surface area contributed by atoms with Gasteiger partial charge in [0.25, 0.3) is 0 Å². The van der Waals surface area contributed by atoms with Gasteiger partial charge in [-0.15, -0.1) is 0 Å². The molecule has 0 saturated carbocycles. The molecule has 0 spiro atoms. The van der Waals surface area contributed by atoms with Crippen molar-refractivity contribution in [3.05, 3.63) is 60.2 Å². The lowest BCUT2D eigenvalue weighted by Crippen LogP contribution is -2.12. The van der Waals surface area contributed by atoms with Crippen molar-refractivity contribution in [3.8, 4) is 0 Å². The number of halogens is 2. The maximum absolute atomic E-state index is 13.0. The molecule has 82 valence electrons. The van der Waals surface area contributed by atoms with Crippen molar-refractivity contribution >= 4 is 18.8 Å². The summed E-state index contributed by atoms with van der Waals surface area (Å²) in [6.45, 7) is 0. The summed E-state index contributed by atoms with van der Waals surface area (Å²) in [6, 6.07) is 11.9. The van der Waals surface area contributed by atoms with Gasteiger partial charge >= 0.3 is 0 Å². The Labute approximate surface area is 93.2 Å². The summed E-state index contributed by atoms with van der Waals surface area (Å²) in [5.41, 5.74) is 0. The van der Waals surface area contributed by atoms with Crippen LogP contribution in [0.1, 0.15) is 0 Å². The molecule has 0 amide bonds. The highest BCUT2D eigenvalue weighted by atomic mass is 31.1. The van der Waals surface area contributed by atoms with Gasteiger partial charge in [-0.3, -0.25) is 0 Å². The molecule has 2 rings (SSSR count). The van der Waals surface area contributed by atoms with Crippen LogP contribution >= 0.6 is 8.15 Å². The number of hydrogen-bond donors (Lipinski definition) is 1. The lowest BCUT2D eigenvalue weighted by molar-refractivity contribution is 0.584. The van der Waals surface area contributed by atoms with Crippen molar-refractivity contribution in [1.82, 2.24) is 0 Å². The maximum atomic E-state index is 13.0. The largest absolute Gasteiger partial charge is 0.364 e. The first-order valence-electron chi connectivity index (χ1n) is 4.67. The van der Waals surface area contributed by atoms with Gasteiger partial charge in [0, 0.05) is 16.7 Å². The Hall–Kier alpha value is -1.31. The van der Waals surface area contributed by atoms with Crippen molar-refractivity contribution in [2.45, 2.75) is 0 Å². The Morgan fingerprint density at radius 1 is 0.812 bits per heavy atom. The van der Waals surface area contributed by atoms with Crippen LogP contribution in [-0.2, 0) is 0 Å². The minimum absolute atomic E-state index is 0.277. The van der Waals surface area contributed by atoms with Gasteiger partial charge < -0.3 is 4.89 Å². The van der Waals surface area contributed by atoms with E-state index in [1.807, 2.05) is 6.07 Å². The Morgan fingerprint density at radius 2 is 1.38 bits per heavy atom. The number of rotatable bonds is 2. The SMILES string of the molecule is OP(c1ccccc1)c1cc(F)cc(F)c1. The first kappa shape index (κ1) is 11.2. The molecule has 1 N–H and O–H groups in total. The second-order valence-electron chi connectivity index (χ2n) is 3.27. The minimum atomic E-state index is -1.68. The third-order valence-corrected chi connectivity index (χ3v) is 3.63. The van der Waals surface area contributed by atoms with E-state index in [4.69, 9.17) is 0 Å². The third-order valence-electron chi connectivity index (χ3n) is 2.09. The van der Waals surface area contributed by atoms with Gasteiger partial charge in [0.1, 0.15) is 11.6 Å². The summed E-state index contributed by atoms with van der Waals surface area (Å²) in [6.07, 6.45) is 0. The molecule has 2 aromatic carbocycles. The average Bonchev–Trinajstić information content (AvgIpc) is 2.28. The second kappa shape index (κ2) is 4.69. The van der Waals surface area contributed by atoms with E-state index in [-0.39, 0.29) is 5.30 Å². The highest BCUT2D eigenvalue weighted by Gasteiger charge is 2.12. The predicted molar refractivity (Wildman–Crippen MR) is 61.2 cm³/mol. The van der Waals surface area contributed by atoms with Gasteiger partial charge in [0.2, 0.25) is 0 Å². The molecule has 16 heavy (non-hydrogen) atoms. The Bertz CT molecular complexity index is 467. The first-order valence-corrected chi connectivity index (χ1v) is 5.96. The van der Waals surface area contributed by atoms with Crippen LogP contribution in [0, 0.1) is 11.6 Å². The topological polar surface area (TPSA) is 20.2 Å². The quantitative estimate of drug-likeness (QED) is 0.796. The Morgan fingerprint density at radius 3 is 1.94 bits per heavy atom. The monoisotopic (exact) mass is 238 g/mol. The van der Waals surface area contributed by atoms with Gasteiger partial charge in [-0.25, -0.2) is 8.78 Å². The average molecular weight is 238 g/mol. The molecular weight excluding hydrogens is 229 g/mol. The lowest BCUT2D eigenvalue weighted by Gasteiger charge is -2.10. The first-order chi connectivity index (χ1) is 7.66. The molecule has 0 fully saturated rings. The van der Waals surface area contributed by atoms with Gasteiger partial charge in [-0.1, -0.05) is 30.3 Å². The number of benzene rings is 2. The van der Waals surface area contributed by atoms with E-state index in [0.29, 0.717) is 5.30 Å². The molecule has 0 aromatic heterocycles. The smallest absolute Gasteiger partial charge is 0.126 e. The minimum Gasteiger partial charge on any atom is -0.364 e. The highest BCUT2D eigenvalue weighted by Crippen LogP contribution is 2.28. The van der Waals surface area contributed by atoms with Crippen molar-refractivity contribution in [2.24, 2.45) is 0 Å². The van der Waals surface area contributed by atoms with Crippen molar-refractivity contribution in [1.29, 1.82) is 0 Å². The fourth-order valence-corrected chi connectivity index (χ4v) is 2.62. The zero-order chi connectivity index (χ0) is 11.5. The summed E-state index contributed by atoms with van der Waals surface area (Å²) >= 11 is 0. The molecular formula is C12H9F2OP. The Balaban J connectivity index is 2.37. The molecule has 0 saturated heterocycles. The van der Waals surface area contributed by atoms with E-state index >= 15 is 0 Å². The normalized spacial score (nSPS) is 12.4. The standard InChI is InChI=1S/C12H9F2OP/c13-9-6-10(14)8-12(7-9)16(15)11-4-2-1-3-5-11/h1-8,15H. The molecule has 0 bridgehead atoms. The molecule has 0 aliphatic heterocycles. The van der Waals surface area contributed by atoms with Gasteiger partial charge in [0.05, 0.1) is 8.15 Å². The summed E-state index contributed by atoms with van der Waals surface area (Å²) < 4.78 is 25.9. The van der Waals surface area contributed by atoms with Crippen LogP contribution in [0.4, 0.5) is 8.78 Å². The van der Waals surface area contributed by atoms with Crippen LogP contribution in [0.3, 0.4) is 0 Å². The number of hydrogen-bond acceptors (Lipinski definition) is 1. The maximum Gasteiger partial charge on any atom is 0.126 e. The van der Waals surface area contributed by atoms with E-state index in [0.717, 1.165) is 18.2 Å². The van der Waals surface area contributed by atoms with Crippen molar-refractivity contribution < 1.29 is 13.7 Å². The molecule has 0 aliphatic rings. The zero-order valence-corrected chi connectivity index (χ0v) is 9.16. The van der Waals surface area contributed by atoms with Crippen LogP contribution in [0.25, 0.3) is 0 Å². The van der Waals surface area contributed by atoms with E-state index < -0.39 is 19.8 Å². The Kier molecular flexibility index (Phi) is 3.28. The highest BCUT2D eigenvalue weighted by molar-refractivity contribution is 7.67. The van der Waals surface area contributed by atoms with Crippen LogP contribution in [0.5, 0.6) is 0 Å². The van der Waals surface area contributed by atoms with Crippen LogP contribution in [-0.4, -0.2) is 4.89 Å². The van der Waals surface area contributed by atoms with Crippen LogP contribution in [0.2, 0.25) is 0 Å². The summed E-state index contributed by atoms with van der Waals surface area (Å²) in [5, 5.41) is 0.946. The lowest BCUT2D eigenvalue weighted by atomic mass is 10.3. The zero-order valence-electron chi connectivity index (χ0n) is 8.27. The van der Waals surface area contributed by atoms with Crippen molar-refractivity contribution in [3.63, 3.8) is 0 Å². The second-order valence-corrected chi connectivity index (χ2v) is 4.93. The molecule has 4 heteroatoms. The summed E-state index contributed by atoms with van der Waals surface area (Å²) in [7, 11) is -1.68. The summed E-state index contributed by atoms with van der Waals surface area (Å²) in [4.78, 5) is 9.97. The van der Waals surface area contributed by atoms with Gasteiger partial charge in [-0.05, 0) is 12.1 Å². The third kappa shape index (κ3) is 2.43. The molecule has 0 aliphatic carbocycles. The molecule has 1 nitrogen and oxygen atoms in total. The fraction of sp³-hybridized carbons (Fsp3) is 0. The van der Waals surface area contributed by atoms with Gasteiger partial charge in [-0.2, -0.15) is 0 Å². The van der Waals surface area contributed by atoms with Gasteiger partial charge in [0.15, 0.2) is 0 Å². The van der Waals surface area contributed by atoms with E-state index in [2.05, 4.69) is 0 Å². The predicted octanol–water partition coefficient (Wildman–Crippen LogP) is 2.30. The molecule has 1 unspecified atom stereocenters. The molecule has 2 aromatic rings. The van der Waals surface area contributed by atoms with E-state index in [1.165, 1.54) is 0 Å². The van der Waals surface area contributed by atoms with E-state index in [1.54, 1.807) is 24.3 Å². The molecule has 1 atom stereocenters. The van der Waals surface area contributed by atoms with Crippen LogP contribution < -0.4 is 10.6 Å². The fourth-order valence-electron chi connectivity index (χ4n) is 1.38. The van der Waals surface area contributed by atoms with E-state index in [9.17, 15) is 13.7 Å². The summed E-state index contributed by atoms with van der Waals surface area (Å²) in [5.74, 6) is -1.35.